The fraction of sp³-hybridized carbons (Fsp3) is 0.559. The van der Waals surface area contributed by atoms with Gasteiger partial charge in [-0.2, -0.15) is 0 Å². The molecule has 2 heterocycles. The minimum atomic E-state index is -4.08. The third-order valence-corrected chi connectivity index (χ3v) is 11.9. The number of hydrogen-bond acceptors (Lipinski definition) is 6. The number of rotatable bonds is 2. The van der Waals surface area contributed by atoms with Crippen LogP contribution in [0.4, 0.5) is 5.69 Å². The monoisotopic (exact) mass is 626 g/mol. The number of halogens is 1. The van der Waals surface area contributed by atoms with Gasteiger partial charge in [0.25, 0.3) is 10.0 Å². The molecule has 0 saturated heterocycles. The lowest BCUT2D eigenvalue weighted by Crippen LogP contribution is -2.49. The first-order valence-corrected chi connectivity index (χ1v) is 17.5. The molecule has 1 spiro atoms. The molecule has 5 atom stereocenters. The van der Waals surface area contributed by atoms with Gasteiger partial charge >= 0.3 is 0 Å². The number of fused-ring (bicyclic) bond motifs is 4. The largest absolute Gasteiger partial charge is 0.490 e. The van der Waals surface area contributed by atoms with E-state index in [-0.39, 0.29) is 22.3 Å². The lowest BCUT2D eigenvalue weighted by molar-refractivity contribution is -0.124. The molecule has 1 amide bonds. The van der Waals surface area contributed by atoms with Crippen LogP contribution in [-0.4, -0.2) is 47.2 Å². The maximum Gasteiger partial charge on any atom is 0.264 e. The summed E-state index contributed by atoms with van der Waals surface area (Å²) in [6.07, 6.45) is 10.7. The van der Waals surface area contributed by atoms with Crippen LogP contribution < -0.4 is 14.4 Å². The van der Waals surface area contributed by atoms with Crippen molar-refractivity contribution in [3.05, 3.63) is 64.7 Å². The summed E-state index contributed by atoms with van der Waals surface area (Å²) >= 11 is 6.41. The Kier molecular flexibility index (Phi) is 8.57. The van der Waals surface area contributed by atoms with Crippen LogP contribution in [0.1, 0.15) is 63.5 Å². The average Bonchev–Trinajstić information content (AvgIpc) is 3.10. The quantitative estimate of drug-likeness (QED) is 0.395. The average molecular weight is 627 g/mol. The highest BCUT2D eigenvalue weighted by molar-refractivity contribution is 7.90. The molecule has 0 unspecified atom stereocenters. The number of sulfonamides is 1. The lowest BCUT2D eigenvalue weighted by atomic mass is 9.68. The van der Waals surface area contributed by atoms with Gasteiger partial charge in [0.1, 0.15) is 5.75 Å². The van der Waals surface area contributed by atoms with Crippen molar-refractivity contribution in [2.75, 3.05) is 31.7 Å². The summed E-state index contributed by atoms with van der Waals surface area (Å²) < 4.78 is 42.2. The van der Waals surface area contributed by atoms with Gasteiger partial charge in [-0.15, -0.1) is 0 Å². The Morgan fingerprint density at radius 3 is 2.72 bits per heavy atom. The zero-order valence-corrected chi connectivity index (χ0v) is 26.9. The third kappa shape index (κ3) is 5.95. The Balaban J connectivity index is 1.44. The molecule has 0 radical (unpaired) electrons. The Morgan fingerprint density at radius 2 is 1.98 bits per heavy atom. The van der Waals surface area contributed by atoms with Crippen LogP contribution in [0.25, 0.3) is 0 Å². The molecule has 1 saturated carbocycles. The Labute approximate surface area is 261 Å². The van der Waals surface area contributed by atoms with Crippen LogP contribution in [-0.2, 0) is 31.4 Å². The van der Waals surface area contributed by atoms with Gasteiger partial charge in [0.2, 0.25) is 5.91 Å². The molecule has 2 aromatic carbocycles. The zero-order valence-electron chi connectivity index (χ0n) is 25.4. The molecule has 4 aliphatic rings. The van der Waals surface area contributed by atoms with Crippen molar-refractivity contribution in [1.82, 2.24) is 4.72 Å². The summed E-state index contributed by atoms with van der Waals surface area (Å²) in [6, 6.07) is 11.2. The van der Waals surface area contributed by atoms with Crippen molar-refractivity contribution >= 4 is 33.2 Å². The number of methoxy groups -OCH3 is 1. The van der Waals surface area contributed by atoms with E-state index in [1.807, 2.05) is 19.9 Å². The molecule has 7 nitrogen and oxygen atoms in total. The number of nitrogens with one attached hydrogen (secondary N) is 1. The fourth-order valence-electron chi connectivity index (χ4n) is 7.73. The number of hydrogen-bond donors (Lipinski definition) is 1. The van der Waals surface area contributed by atoms with Crippen molar-refractivity contribution in [2.45, 2.75) is 75.2 Å². The highest BCUT2D eigenvalue weighted by atomic mass is 35.5. The second-order valence-electron chi connectivity index (χ2n) is 13.3. The van der Waals surface area contributed by atoms with Crippen LogP contribution in [0.15, 0.2) is 53.4 Å². The van der Waals surface area contributed by atoms with Gasteiger partial charge in [0.15, 0.2) is 0 Å². The molecule has 2 aromatic rings. The maximum atomic E-state index is 13.6. The van der Waals surface area contributed by atoms with Crippen molar-refractivity contribution in [3.63, 3.8) is 0 Å². The number of amides is 1. The summed E-state index contributed by atoms with van der Waals surface area (Å²) in [5, 5.41) is 0.742. The molecular formula is C34H43ClN2O5S. The zero-order chi connectivity index (χ0) is 30.4. The second kappa shape index (κ2) is 12.1. The normalized spacial score (nSPS) is 31.2. The van der Waals surface area contributed by atoms with E-state index in [9.17, 15) is 13.2 Å². The molecule has 1 fully saturated rings. The first-order valence-electron chi connectivity index (χ1n) is 15.7. The van der Waals surface area contributed by atoms with Gasteiger partial charge < -0.3 is 14.4 Å². The van der Waals surface area contributed by atoms with E-state index in [0.29, 0.717) is 43.6 Å². The molecule has 1 N–H and O–H groups in total. The number of ether oxygens (including phenoxy) is 2. The van der Waals surface area contributed by atoms with Crippen LogP contribution in [0, 0.1) is 23.7 Å². The van der Waals surface area contributed by atoms with Gasteiger partial charge in [0.05, 0.1) is 23.3 Å². The van der Waals surface area contributed by atoms with Crippen LogP contribution in [0.5, 0.6) is 5.75 Å². The predicted octanol–water partition coefficient (Wildman–Crippen LogP) is 6.28. The summed E-state index contributed by atoms with van der Waals surface area (Å²) in [6.45, 7) is 5.89. The molecule has 9 heteroatoms. The van der Waals surface area contributed by atoms with Crippen molar-refractivity contribution < 1.29 is 22.7 Å². The van der Waals surface area contributed by atoms with Gasteiger partial charge in [-0.1, -0.05) is 43.7 Å². The number of aryl methyl sites for hydroxylation is 1. The van der Waals surface area contributed by atoms with Crippen molar-refractivity contribution in [3.8, 4) is 5.75 Å². The van der Waals surface area contributed by atoms with Crippen LogP contribution in [0.2, 0.25) is 5.02 Å². The fourth-order valence-corrected chi connectivity index (χ4v) is 8.98. The second-order valence-corrected chi connectivity index (χ2v) is 15.4. The number of benzene rings is 2. The maximum absolute atomic E-state index is 13.6. The van der Waals surface area contributed by atoms with Crippen LogP contribution >= 0.6 is 11.6 Å². The molecular weight excluding hydrogens is 584 g/mol. The topological polar surface area (TPSA) is 84.9 Å². The van der Waals surface area contributed by atoms with Gasteiger partial charge in [0, 0.05) is 36.6 Å². The minimum absolute atomic E-state index is 0.00102. The molecule has 2 bridgehead atoms. The SMILES string of the molecule is CO[C@@H]1/C=C/CC[C@@H](C(C)C)C(=O)NS(=O)(=O)c2ccc3c(c2)N(C[C@@H]2CC[C@H]21)C[C@@]1(CCCc2cc(Cl)ccc21)CO3. The smallest absolute Gasteiger partial charge is 0.264 e. The van der Waals surface area contributed by atoms with E-state index in [1.54, 1.807) is 25.3 Å². The number of anilines is 1. The standard InChI is InChI=1S/C34H43ClN2O5S/c1-22(2)27-8-4-5-9-31(41-3)28-13-10-24(28)19-37-20-34(16-6-7-23-17-25(35)11-14-29(23)34)21-42-32-15-12-26(18-30(32)37)43(39,40)36-33(27)38/h5,9,11-12,14-15,17-18,22,24,27-28,31H,4,6-8,10,13,16,19-21H2,1-3H3,(H,36,38)/b9-5+/t24-,27-,28+,31+,34-/m0/s1. The minimum Gasteiger partial charge on any atom is -0.490 e. The van der Waals surface area contributed by atoms with Gasteiger partial charge in [-0.3, -0.25) is 4.79 Å². The lowest BCUT2D eigenvalue weighted by Gasteiger charge is -2.46. The van der Waals surface area contributed by atoms with Gasteiger partial charge in [-0.05, 0) is 104 Å². The van der Waals surface area contributed by atoms with E-state index in [2.05, 4.69) is 33.9 Å². The van der Waals surface area contributed by atoms with E-state index in [4.69, 9.17) is 21.1 Å². The molecule has 6 rings (SSSR count). The molecule has 2 aliphatic heterocycles. The van der Waals surface area contributed by atoms with E-state index < -0.39 is 21.8 Å². The third-order valence-electron chi connectivity index (χ3n) is 10.3. The summed E-state index contributed by atoms with van der Waals surface area (Å²) in [5.41, 5.74) is 3.04. The first-order chi connectivity index (χ1) is 20.6. The van der Waals surface area contributed by atoms with Crippen molar-refractivity contribution in [1.29, 1.82) is 0 Å². The summed E-state index contributed by atoms with van der Waals surface area (Å²) in [4.78, 5) is 15.7. The summed E-state index contributed by atoms with van der Waals surface area (Å²) in [7, 11) is -2.31. The van der Waals surface area contributed by atoms with Crippen molar-refractivity contribution in [2.24, 2.45) is 23.7 Å². The van der Waals surface area contributed by atoms with Crippen LogP contribution in [0.3, 0.4) is 0 Å². The summed E-state index contributed by atoms with van der Waals surface area (Å²) in [5.74, 6) is 0.538. The Bertz CT molecular complexity index is 1510. The van der Waals surface area contributed by atoms with E-state index in [1.165, 1.54) is 11.1 Å². The highest BCUT2D eigenvalue weighted by Gasteiger charge is 2.44. The predicted molar refractivity (Wildman–Crippen MR) is 169 cm³/mol. The number of carbonyl (C=O) groups is 1. The van der Waals surface area contributed by atoms with E-state index >= 15 is 0 Å². The number of nitrogens with zero attached hydrogens (tertiary/aromatic N) is 1. The highest BCUT2D eigenvalue weighted by Crippen LogP contribution is 2.47. The van der Waals surface area contributed by atoms with E-state index in [0.717, 1.165) is 49.4 Å². The van der Waals surface area contributed by atoms with Gasteiger partial charge in [-0.25, -0.2) is 13.1 Å². The molecule has 232 valence electrons. The Hall–Kier alpha value is -2.55. The Morgan fingerprint density at radius 1 is 1.14 bits per heavy atom. The molecule has 0 aromatic heterocycles. The number of carbonyl (C=O) groups excluding carboxylic acids is 1. The number of allylic oxidation sites excluding steroid dienone is 1. The first kappa shape index (κ1) is 30.5. The molecule has 43 heavy (non-hydrogen) atoms. The molecule has 2 aliphatic carbocycles.